The molecule has 248 valence electrons. The number of benzene rings is 1. The van der Waals surface area contributed by atoms with Crippen molar-refractivity contribution in [3.63, 3.8) is 0 Å². The molecule has 0 bridgehead atoms. The number of hydrogen-bond acceptors (Lipinski definition) is 4. The largest absolute Gasteiger partial charge is 0.408 e. The Morgan fingerprint density at radius 2 is 1.60 bits per heavy atom. The second-order valence-electron chi connectivity index (χ2n) is 15.0. The minimum Gasteiger partial charge on any atom is -0.408 e. The molecule has 9 heteroatoms. The quantitative estimate of drug-likeness (QED) is 0.210. The molecule has 3 saturated carbocycles. The van der Waals surface area contributed by atoms with Gasteiger partial charge in [-0.25, -0.2) is 0 Å². The van der Waals surface area contributed by atoms with Crippen molar-refractivity contribution in [3.8, 4) is 0 Å². The number of rotatable bonds is 12. The van der Waals surface area contributed by atoms with E-state index < -0.39 is 14.4 Å². The fourth-order valence-corrected chi connectivity index (χ4v) is 12.0. The molecule has 1 aromatic carbocycles. The minimum absolute atomic E-state index is 0.0146. The van der Waals surface area contributed by atoms with Gasteiger partial charge >= 0.3 is 0 Å². The Bertz CT molecular complexity index is 1370. The van der Waals surface area contributed by atoms with E-state index in [0.29, 0.717) is 39.4 Å². The summed E-state index contributed by atoms with van der Waals surface area (Å²) in [4.78, 5) is 29.1. The van der Waals surface area contributed by atoms with Crippen LogP contribution >= 0.6 is 23.2 Å². The van der Waals surface area contributed by atoms with Crippen LogP contribution in [0.1, 0.15) is 121 Å². The standard InChI is InChI=1S/C36H53Cl2N3O3Si/c1-9-45(10-2,11-3)44-32(33-30(37)13-12-14-31(33)38)22-40(26-19-28-29(20-26)35(28,6)7)34(43)27-21-39-41(23(27)4)25-15-17-36(8,18-16-25)24(5)42/h12-14,21,25-26,28-29,32H,9-11,15-20,22H2,1-8H3/t25?,26?,28-,29+,32?,36?. The molecule has 6 nitrogen and oxygen atoms in total. The topological polar surface area (TPSA) is 64.4 Å². The number of halogens is 2. The summed E-state index contributed by atoms with van der Waals surface area (Å²) < 4.78 is 9.23. The van der Waals surface area contributed by atoms with E-state index in [9.17, 15) is 9.59 Å². The van der Waals surface area contributed by atoms with Gasteiger partial charge in [0.15, 0.2) is 8.32 Å². The van der Waals surface area contributed by atoms with Gasteiger partial charge < -0.3 is 9.33 Å². The van der Waals surface area contributed by atoms with E-state index in [1.54, 1.807) is 13.1 Å². The molecule has 1 heterocycles. The molecule has 0 N–H and O–H groups in total. The number of fused-ring (bicyclic) bond motifs is 1. The normalized spacial score (nSPS) is 28.0. The van der Waals surface area contributed by atoms with Gasteiger partial charge in [-0.2, -0.15) is 5.10 Å². The van der Waals surface area contributed by atoms with E-state index in [2.05, 4.69) is 46.4 Å². The Kier molecular flexibility index (Phi) is 10.1. The SMILES string of the molecule is CC[Si](CC)(CC)OC(CN(C(=O)c1cnn(C2CCC(C)(C(C)=O)CC2)c1C)C1C[C@@H]2[C@H](C1)C2(C)C)c1c(Cl)cccc1Cl. The van der Waals surface area contributed by atoms with Gasteiger partial charge in [0.1, 0.15) is 5.78 Å². The third-order valence-corrected chi connectivity index (χ3v) is 17.9. The van der Waals surface area contributed by atoms with E-state index in [0.717, 1.165) is 67.9 Å². The number of carbonyl (C=O) groups excluding carboxylic acids is 2. The summed E-state index contributed by atoms with van der Waals surface area (Å²) in [7, 11) is -2.10. The third kappa shape index (κ3) is 6.45. The van der Waals surface area contributed by atoms with Crippen LogP contribution in [0.3, 0.4) is 0 Å². The first-order valence-corrected chi connectivity index (χ1v) is 20.5. The van der Waals surface area contributed by atoms with E-state index in [1.165, 1.54) is 0 Å². The molecule has 0 spiro atoms. The average molecular weight is 675 g/mol. The molecule has 1 amide bonds. The Morgan fingerprint density at radius 1 is 1.04 bits per heavy atom. The van der Waals surface area contributed by atoms with Gasteiger partial charge in [0, 0.05) is 32.8 Å². The Labute approximate surface area is 281 Å². The van der Waals surface area contributed by atoms with Gasteiger partial charge in [-0.15, -0.1) is 0 Å². The predicted octanol–water partition coefficient (Wildman–Crippen LogP) is 9.85. The highest BCUT2D eigenvalue weighted by molar-refractivity contribution is 6.73. The summed E-state index contributed by atoms with van der Waals surface area (Å²) in [5, 5.41) is 5.96. The summed E-state index contributed by atoms with van der Waals surface area (Å²) >= 11 is 13.7. The molecule has 5 rings (SSSR count). The van der Waals surface area contributed by atoms with Crippen LogP contribution in [0.15, 0.2) is 24.4 Å². The van der Waals surface area contributed by atoms with E-state index in [4.69, 9.17) is 32.7 Å². The van der Waals surface area contributed by atoms with Crippen molar-refractivity contribution in [2.24, 2.45) is 22.7 Å². The average Bonchev–Trinajstić information content (AvgIpc) is 3.38. The van der Waals surface area contributed by atoms with Crippen LogP contribution in [0.2, 0.25) is 28.2 Å². The second kappa shape index (κ2) is 13.1. The van der Waals surface area contributed by atoms with E-state index in [-0.39, 0.29) is 29.2 Å². The zero-order chi connectivity index (χ0) is 32.9. The van der Waals surface area contributed by atoms with Crippen LogP contribution in [-0.2, 0) is 9.22 Å². The third-order valence-electron chi connectivity index (χ3n) is 12.6. The van der Waals surface area contributed by atoms with Crippen LogP contribution in [-0.4, -0.2) is 47.3 Å². The maximum Gasteiger partial charge on any atom is 0.257 e. The lowest BCUT2D eigenvalue weighted by molar-refractivity contribution is -0.127. The van der Waals surface area contributed by atoms with Crippen molar-refractivity contribution in [2.45, 2.75) is 130 Å². The smallest absolute Gasteiger partial charge is 0.257 e. The Morgan fingerprint density at radius 3 is 2.11 bits per heavy atom. The second-order valence-corrected chi connectivity index (χ2v) is 20.6. The van der Waals surface area contributed by atoms with E-state index >= 15 is 0 Å². The molecular formula is C36H53Cl2N3O3Si. The van der Waals surface area contributed by atoms with Crippen LogP contribution in [0.25, 0.3) is 0 Å². The van der Waals surface area contributed by atoms with Gasteiger partial charge in [-0.1, -0.05) is 70.8 Å². The molecule has 0 radical (unpaired) electrons. The zero-order valence-electron chi connectivity index (χ0n) is 28.6. The number of carbonyl (C=O) groups is 2. The lowest BCUT2D eigenvalue weighted by Gasteiger charge is -2.39. The maximum atomic E-state index is 14.8. The monoisotopic (exact) mass is 673 g/mol. The fraction of sp³-hybridized carbons (Fsp3) is 0.694. The first kappa shape index (κ1) is 34.7. The Balaban J connectivity index is 1.48. The van der Waals surface area contributed by atoms with Crippen LogP contribution in [0, 0.1) is 29.6 Å². The molecule has 4 atom stereocenters. The van der Waals surface area contributed by atoms with Crippen LogP contribution in [0.4, 0.5) is 0 Å². The molecule has 0 saturated heterocycles. The summed E-state index contributed by atoms with van der Waals surface area (Å²) in [5.74, 6) is 1.55. The van der Waals surface area contributed by atoms with Gasteiger partial charge in [-0.05, 0) is 99.9 Å². The van der Waals surface area contributed by atoms with Gasteiger partial charge in [0.25, 0.3) is 5.91 Å². The lowest BCUT2D eigenvalue weighted by Crippen LogP contribution is -2.46. The highest BCUT2D eigenvalue weighted by Gasteiger charge is 2.63. The molecular weight excluding hydrogens is 621 g/mol. The molecule has 45 heavy (non-hydrogen) atoms. The zero-order valence-corrected chi connectivity index (χ0v) is 31.1. The molecule has 2 unspecified atom stereocenters. The first-order chi connectivity index (χ1) is 21.2. The minimum atomic E-state index is -2.10. The Hall–Kier alpha value is -1.67. The molecule has 3 fully saturated rings. The van der Waals surface area contributed by atoms with Gasteiger partial charge in [0.2, 0.25) is 0 Å². The first-order valence-electron chi connectivity index (χ1n) is 17.2. The molecule has 0 aliphatic heterocycles. The molecule has 2 aromatic rings. The number of amides is 1. The van der Waals surface area contributed by atoms with Crippen molar-refractivity contribution in [3.05, 3.63) is 51.3 Å². The van der Waals surface area contributed by atoms with Crippen molar-refractivity contribution in [2.75, 3.05) is 6.54 Å². The summed E-state index contributed by atoms with van der Waals surface area (Å²) in [6, 6.07) is 8.91. The summed E-state index contributed by atoms with van der Waals surface area (Å²) in [6.45, 7) is 17.6. The number of aromatic nitrogens is 2. The van der Waals surface area contributed by atoms with Crippen molar-refractivity contribution >= 4 is 43.2 Å². The summed E-state index contributed by atoms with van der Waals surface area (Å²) in [6.07, 6.45) is 6.82. The number of ketones is 1. The molecule has 3 aliphatic rings. The summed E-state index contributed by atoms with van der Waals surface area (Å²) in [5.41, 5.74) is 2.43. The number of hydrogen-bond donors (Lipinski definition) is 0. The number of Topliss-reactive ketones (excluding diaryl/α,β-unsaturated/α-hetero) is 1. The molecule has 1 aromatic heterocycles. The van der Waals surface area contributed by atoms with Crippen molar-refractivity contribution in [1.82, 2.24) is 14.7 Å². The highest BCUT2D eigenvalue weighted by Crippen LogP contribution is 2.67. The molecule has 3 aliphatic carbocycles. The van der Waals surface area contributed by atoms with Crippen molar-refractivity contribution in [1.29, 1.82) is 0 Å². The fourth-order valence-electron chi connectivity index (χ4n) is 8.61. The van der Waals surface area contributed by atoms with Gasteiger partial charge in [-0.3, -0.25) is 14.3 Å². The number of nitrogens with zero attached hydrogens (tertiary/aromatic N) is 3. The van der Waals surface area contributed by atoms with Gasteiger partial charge in [0.05, 0.1) is 30.5 Å². The predicted molar refractivity (Wildman–Crippen MR) is 186 cm³/mol. The van der Waals surface area contributed by atoms with Crippen LogP contribution < -0.4 is 0 Å². The van der Waals surface area contributed by atoms with Crippen LogP contribution in [0.5, 0.6) is 0 Å². The lowest BCUT2D eigenvalue weighted by atomic mass is 9.71. The highest BCUT2D eigenvalue weighted by atomic mass is 35.5. The maximum absolute atomic E-state index is 14.8. The van der Waals surface area contributed by atoms with Crippen molar-refractivity contribution < 1.29 is 14.0 Å². The van der Waals surface area contributed by atoms with E-state index in [1.807, 2.05) is 29.8 Å².